The first kappa shape index (κ1) is 26.2. The number of anilines is 2. The smallest absolute Gasteiger partial charge is 0.260 e. The first-order chi connectivity index (χ1) is 20.1. The number of aromatic nitrogens is 2. The minimum Gasteiger partial charge on any atom is -0.484 e. The van der Waals surface area contributed by atoms with Crippen molar-refractivity contribution in [3.05, 3.63) is 76.7 Å². The summed E-state index contributed by atoms with van der Waals surface area (Å²) in [5, 5.41) is 1.23. The SMILES string of the molecule is O=C(COc1ccc(C2CCc3c(sc4ncnc(N5CCN(c6ccc(F)cc6)CC5)c34)C2)cc1)N1CCCC1. The van der Waals surface area contributed by atoms with Gasteiger partial charge in [-0.3, -0.25) is 4.79 Å². The highest BCUT2D eigenvalue weighted by atomic mass is 32.1. The van der Waals surface area contributed by atoms with Crippen molar-refractivity contribution in [2.45, 2.75) is 38.0 Å². The first-order valence-corrected chi connectivity index (χ1v) is 15.5. The monoisotopic (exact) mass is 571 g/mol. The maximum absolute atomic E-state index is 13.4. The highest BCUT2D eigenvalue weighted by Crippen LogP contribution is 2.43. The molecule has 4 heterocycles. The molecule has 2 saturated heterocycles. The summed E-state index contributed by atoms with van der Waals surface area (Å²) in [6.45, 7) is 5.30. The van der Waals surface area contributed by atoms with Gasteiger partial charge in [0.15, 0.2) is 6.61 Å². The summed E-state index contributed by atoms with van der Waals surface area (Å²) in [7, 11) is 0. The summed E-state index contributed by atoms with van der Waals surface area (Å²) in [6.07, 6.45) is 6.98. The average Bonchev–Trinajstić information content (AvgIpc) is 3.69. The van der Waals surface area contributed by atoms with Gasteiger partial charge in [0, 0.05) is 49.8 Å². The van der Waals surface area contributed by atoms with Crippen molar-refractivity contribution in [2.75, 3.05) is 55.7 Å². The standard InChI is InChI=1S/C32H34FN5O2S/c33-24-6-8-25(9-7-24)36-15-17-38(18-16-36)31-30-27-12-5-23(19-28(27)41-32(30)35-21-34-31)22-3-10-26(11-4-22)40-20-29(39)37-13-1-2-14-37/h3-4,6-11,21,23H,1-2,5,12-20H2. The summed E-state index contributed by atoms with van der Waals surface area (Å²) in [5.74, 6) is 2.13. The minimum absolute atomic E-state index is 0.0772. The average molecular weight is 572 g/mol. The predicted octanol–water partition coefficient (Wildman–Crippen LogP) is 5.43. The number of thiophene rings is 1. The number of hydrogen-bond acceptors (Lipinski definition) is 7. The molecule has 2 aliphatic heterocycles. The van der Waals surface area contributed by atoms with Gasteiger partial charge >= 0.3 is 0 Å². The van der Waals surface area contributed by atoms with Crippen LogP contribution in [0.3, 0.4) is 0 Å². The summed E-state index contributed by atoms with van der Waals surface area (Å²) in [5.41, 5.74) is 3.79. The fourth-order valence-corrected chi connectivity index (χ4v) is 7.75. The third-order valence-corrected chi connectivity index (χ3v) is 9.93. The Hall–Kier alpha value is -3.72. The number of ether oxygens (including phenoxy) is 1. The van der Waals surface area contributed by atoms with Crippen LogP contribution in [0.1, 0.15) is 41.2 Å². The number of fused-ring (bicyclic) bond motifs is 3. The molecule has 2 aromatic heterocycles. The lowest BCUT2D eigenvalue weighted by Gasteiger charge is -2.37. The molecule has 0 saturated carbocycles. The van der Waals surface area contributed by atoms with Gasteiger partial charge in [0.1, 0.15) is 28.5 Å². The highest BCUT2D eigenvalue weighted by Gasteiger charge is 2.28. The maximum Gasteiger partial charge on any atom is 0.260 e. The van der Waals surface area contributed by atoms with Gasteiger partial charge in [-0.1, -0.05) is 12.1 Å². The molecule has 1 amide bonds. The number of rotatable bonds is 6. The second-order valence-electron chi connectivity index (χ2n) is 11.2. The summed E-state index contributed by atoms with van der Waals surface area (Å²) >= 11 is 1.81. The number of halogens is 1. The quantitative estimate of drug-likeness (QED) is 0.308. The maximum atomic E-state index is 13.4. The molecule has 2 aromatic carbocycles. The van der Waals surface area contributed by atoms with Crippen LogP contribution in [-0.4, -0.2) is 66.7 Å². The van der Waals surface area contributed by atoms with Crippen LogP contribution < -0.4 is 14.5 Å². The second-order valence-corrected chi connectivity index (χ2v) is 12.3. The van der Waals surface area contributed by atoms with Gasteiger partial charge in [-0.05, 0) is 85.5 Å². The molecule has 3 aliphatic rings. The molecule has 0 N–H and O–H groups in total. The number of carbonyl (C=O) groups is 1. The molecular weight excluding hydrogens is 537 g/mol. The third-order valence-electron chi connectivity index (χ3n) is 8.77. The van der Waals surface area contributed by atoms with E-state index in [1.807, 2.05) is 40.5 Å². The number of nitrogens with zero attached hydrogens (tertiary/aromatic N) is 5. The van der Waals surface area contributed by atoms with E-state index in [1.165, 1.54) is 33.5 Å². The zero-order chi connectivity index (χ0) is 27.8. The molecule has 0 bridgehead atoms. The minimum atomic E-state index is -0.202. The molecule has 41 heavy (non-hydrogen) atoms. The Morgan fingerprint density at radius 1 is 0.927 bits per heavy atom. The zero-order valence-corrected chi connectivity index (χ0v) is 23.9. The Bertz CT molecular complexity index is 1530. The number of aryl methyl sites for hydroxylation is 1. The molecule has 4 aromatic rings. The van der Waals surface area contributed by atoms with Crippen LogP contribution in [-0.2, 0) is 17.6 Å². The Morgan fingerprint density at radius 2 is 1.66 bits per heavy atom. The Kier molecular flexibility index (Phi) is 7.21. The first-order valence-electron chi connectivity index (χ1n) is 14.6. The van der Waals surface area contributed by atoms with Crippen LogP contribution in [0.25, 0.3) is 10.2 Å². The second kappa shape index (κ2) is 11.3. The van der Waals surface area contributed by atoms with Crippen LogP contribution in [0.15, 0.2) is 54.9 Å². The molecule has 1 unspecified atom stereocenters. The summed E-state index contributed by atoms with van der Waals surface area (Å²) < 4.78 is 19.2. The molecule has 2 fully saturated rings. The van der Waals surface area contributed by atoms with E-state index >= 15 is 0 Å². The lowest BCUT2D eigenvalue weighted by Crippen LogP contribution is -2.47. The summed E-state index contributed by atoms with van der Waals surface area (Å²) in [4.78, 5) is 30.8. The van der Waals surface area contributed by atoms with Crippen molar-refractivity contribution in [3.8, 4) is 5.75 Å². The van der Waals surface area contributed by atoms with Crippen molar-refractivity contribution < 1.29 is 13.9 Å². The van der Waals surface area contributed by atoms with E-state index in [9.17, 15) is 9.18 Å². The van der Waals surface area contributed by atoms with Gasteiger partial charge in [0.05, 0.1) is 5.39 Å². The summed E-state index contributed by atoms with van der Waals surface area (Å²) in [6, 6.07) is 15.1. The van der Waals surface area contributed by atoms with Crippen molar-refractivity contribution in [2.24, 2.45) is 0 Å². The number of benzene rings is 2. The zero-order valence-electron chi connectivity index (χ0n) is 23.1. The van der Waals surface area contributed by atoms with Gasteiger partial charge in [0.25, 0.3) is 5.91 Å². The largest absolute Gasteiger partial charge is 0.484 e. The van der Waals surface area contributed by atoms with Crippen LogP contribution >= 0.6 is 11.3 Å². The fraction of sp³-hybridized carbons (Fsp3) is 0.406. The molecular formula is C32H34FN5O2S. The topological polar surface area (TPSA) is 61.8 Å². The molecule has 212 valence electrons. The predicted molar refractivity (Wildman–Crippen MR) is 161 cm³/mol. The molecule has 1 aliphatic carbocycles. The van der Waals surface area contributed by atoms with E-state index in [4.69, 9.17) is 9.72 Å². The number of hydrogen-bond donors (Lipinski definition) is 0. The van der Waals surface area contributed by atoms with Crippen LogP contribution in [0, 0.1) is 5.82 Å². The lowest BCUT2D eigenvalue weighted by atomic mass is 9.83. The Labute approximate surface area is 243 Å². The Balaban J connectivity index is 1.02. The third kappa shape index (κ3) is 5.35. The van der Waals surface area contributed by atoms with Crippen LogP contribution in [0.5, 0.6) is 5.75 Å². The van der Waals surface area contributed by atoms with Gasteiger partial charge in [-0.2, -0.15) is 0 Å². The van der Waals surface area contributed by atoms with E-state index < -0.39 is 0 Å². The van der Waals surface area contributed by atoms with E-state index in [1.54, 1.807) is 6.33 Å². The van der Waals surface area contributed by atoms with Crippen LogP contribution in [0.2, 0.25) is 0 Å². The molecule has 9 heteroatoms. The van der Waals surface area contributed by atoms with Gasteiger partial charge in [-0.15, -0.1) is 11.3 Å². The number of amides is 1. The molecule has 7 nitrogen and oxygen atoms in total. The highest BCUT2D eigenvalue weighted by molar-refractivity contribution is 7.19. The fourth-order valence-electron chi connectivity index (χ4n) is 6.49. The Morgan fingerprint density at radius 3 is 2.41 bits per heavy atom. The van der Waals surface area contributed by atoms with Crippen molar-refractivity contribution in [1.29, 1.82) is 0 Å². The normalized spacial score (nSPS) is 19.0. The van der Waals surface area contributed by atoms with E-state index in [2.05, 4.69) is 26.9 Å². The number of likely N-dealkylation sites (tertiary alicyclic amines) is 1. The van der Waals surface area contributed by atoms with Gasteiger partial charge < -0.3 is 19.4 Å². The van der Waals surface area contributed by atoms with Gasteiger partial charge in [-0.25, -0.2) is 14.4 Å². The van der Waals surface area contributed by atoms with Gasteiger partial charge in [0.2, 0.25) is 0 Å². The van der Waals surface area contributed by atoms with Crippen molar-refractivity contribution >= 4 is 39.0 Å². The van der Waals surface area contributed by atoms with E-state index in [0.29, 0.717) is 5.92 Å². The number of carbonyl (C=O) groups excluding carboxylic acids is 1. The molecule has 7 rings (SSSR count). The molecule has 0 radical (unpaired) electrons. The lowest BCUT2D eigenvalue weighted by molar-refractivity contribution is -0.132. The number of piperazine rings is 1. The van der Waals surface area contributed by atoms with E-state index in [0.717, 1.165) is 93.5 Å². The van der Waals surface area contributed by atoms with Crippen molar-refractivity contribution in [3.63, 3.8) is 0 Å². The van der Waals surface area contributed by atoms with Crippen molar-refractivity contribution in [1.82, 2.24) is 14.9 Å². The molecule has 1 atom stereocenters. The van der Waals surface area contributed by atoms with E-state index in [-0.39, 0.29) is 18.3 Å². The van der Waals surface area contributed by atoms with Crippen LogP contribution in [0.4, 0.5) is 15.9 Å². The molecule has 0 spiro atoms.